The van der Waals surface area contributed by atoms with Crippen molar-refractivity contribution in [2.45, 2.75) is 37.8 Å². The molecule has 3 N–H and O–H groups in total. The van der Waals surface area contributed by atoms with Crippen molar-refractivity contribution in [2.24, 2.45) is 11.7 Å². The van der Waals surface area contributed by atoms with Gasteiger partial charge in [0, 0.05) is 39.1 Å². The van der Waals surface area contributed by atoms with Crippen LogP contribution in [-0.4, -0.2) is 48.6 Å². The Kier molecular flexibility index (Phi) is 5.88. The number of halogens is 1. The number of ether oxygens (including phenoxy) is 1. The van der Waals surface area contributed by atoms with Crippen LogP contribution in [0.2, 0.25) is 0 Å². The molecule has 2 heterocycles. The Labute approximate surface area is 152 Å². The van der Waals surface area contributed by atoms with Gasteiger partial charge in [0.05, 0.1) is 5.92 Å². The highest BCUT2D eigenvalue weighted by molar-refractivity contribution is 5.91. The highest BCUT2D eigenvalue weighted by Crippen LogP contribution is 2.24. The maximum absolute atomic E-state index is 13.4. The highest BCUT2D eigenvalue weighted by atomic mass is 19.1. The van der Waals surface area contributed by atoms with Crippen LogP contribution in [0.25, 0.3) is 0 Å². The first-order valence-electron chi connectivity index (χ1n) is 9.15. The number of hydrogen-bond donors (Lipinski definition) is 2. The Bertz CT molecular complexity index is 661. The predicted molar refractivity (Wildman–Crippen MR) is 94.5 cm³/mol. The summed E-state index contributed by atoms with van der Waals surface area (Å²) < 4.78 is 18.7. The summed E-state index contributed by atoms with van der Waals surface area (Å²) in [7, 11) is 0. The summed E-state index contributed by atoms with van der Waals surface area (Å²) in [5.41, 5.74) is 5.46. The summed E-state index contributed by atoms with van der Waals surface area (Å²) in [5, 5.41) is 2.91. The lowest BCUT2D eigenvalue weighted by molar-refractivity contribution is -0.138. The molecule has 26 heavy (non-hydrogen) atoms. The van der Waals surface area contributed by atoms with Crippen LogP contribution >= 0.6 is 0 Å². The fraction of sp³-hybridized carbons (Fsp3) is 0.579. The monoisotopic (exact) mass is 363 g/mol. The van der Waals surface area contributed by atoms with Crippen molar-refractivity contribution in [3.8, 4) is 0 Å². The minimum atomic E-state index is -1.000. The van der Waals surface area contributed by atoms with Crippen molar-refractivity contribution in [2.75, 3.05) is 26.3 Å². The highest BCUT2D eigenvalue weighted by Gasteiger charge is 2.41. The van der Waals surface area contributed by atoms with Gasteiger partial charge in [-0.1, -0.05) is 12.1 Å². The number of benzene rings is 1. The molecule has 0 saturated carbocycles. The number of rotatable bonds is 5. The van der Waals surface area contributed by atoms with Gasteiger partial charge in [-0.2, -0.15) is 0 Å². The minimum Gasteiger partial charge on any atom is -0.381 e. The summed E-state index contributed by atoms with van der Waals surface area (Å²) in [6.45, 7) is 2.90. The number of carbonyl (C=O) groups is 2. The molecule has 0 radical (unpaired) electrons. The molecule has 0 spiro atoms. The maximum atomic E-state index is 13.4. The van der Waals surface area contributed by atoms with Gasteiger partial charge in [-0.15, -0.1) is 0 Å². The van der Waals surface area contributed by atoms with E-state index in [4.69, 9.17) is 10.5 Å². The van der Waals surface area contributed by atoms with Crippen molar-refractivity contribution in [3.05, 3.63) is 35.6 Å². The number of primary amides is 1. The quantitative estimate of drug-likeness (QED) is 0.823. The third-order valence-corrected chi connectivity index (χ3v) is 5.35. The number of nitrogens with two attached hydrogens (primary N) is 1. The standard InChI is InChI=1S/C19H26FN3O3/c20-16-5-1-3-14(11-16)12-23-8-2-4-15(13-23)17(24)22-19(18(21)25)6-9-26-10-7-19/h1,3,5,11,15H,2,4,6-10,12-13H2,(H2,21,25)(H,22,24). The topological polar surface area (TPSA) is 84.7 Å². The molecule has 2 aliphatic rings. The second-order valence-electron chi connectivity index (χ2n) is 7.25. The number of hydrogen-bond acceptors (Lipinski definition) is 4. The Hall–Kier alpha value is -1.99. The van der Waals surface area contributed by atoms with Crippen molar-refractivity contribution in [3.63, 3.8) is 0 Å². The summed E-state index contributed by atoms with van der Waals surface area (Å²) in [6, 6.07) is 6.53. The molecule has 142 valence electrons. The summed E-state index contributed by atoms with van der Waals surface area (Å²) >= 11 is 0. The lowest BCUT2D eigenvalue weighted by Gasteiger charge is -2.38. The molecule has 1 aromatic rings. The Morgan fingerprint density at radius 1 is 1.35 bits per heavy atom. The Morgan fingerprint density at radius 2 is 2.12 bits per heavy atom. The molecule has 2 amide bonds. The zero-order chi connectivity index (χ0) is 18.6. The van der Waals surface area contributed by atoms with Gasteiger partial charge in [-0.25, -0.2) is 4.39 Å². The van der Waals surface area contributed by atoms with Gasteiger partial charge in [0.2, 0.25) is 11.8 Å². The van der Waals surface area contributed by atoms with E-state index in [1.54, 1.807) is 6.07 Å². The summed E-state index contributed by atoms with van der Waals surface area (Å²) in [4.78, 5) is 26.9. The van der Waals surface area contributed by atoms with Crippen molar-refractivity contribution in [1.29, 1.82) is 0 Å². The van der Waals surface area contributed by atoms with Crippen LogP contribution in [-0.2, 0) is 20.9 Å². The lowest BCUT2D eigenvalue weighted by atomic mass is 9.87. The first-order valence-corrected chi connectivity index (χ1v) is 9.15. The molecule has 1 aromatic carbocycles. The van der Waals surface area contributed by atoms with Crippen molar-refractivity contribution < 1.29 is 18.7 Å². The number of amides is 2. The zero-order valence-electron chi connectivity index (χ0n) is 14.9. The van der Waals surface area contributed by atoms with Crippen LogP contribution in [0.15, 0.2) is 24.3 Å². The number of piperidine rings is 1. The normalized spacial score (nSPS) is 23.3. The molecule has 1 atom stereocenters. The molecule has 1 unspecified atom stereocenters. The first kappa shape index (κ1) is 18.8. The molecule has 0 bridgehead atoms. The number of carbonyl (C=O) groups excluding carboxylic acids is 2. The second kappa shape index (κ2) is 8.14. The molecule has 7 heteroatoms. The second-order valence-corrected chi connectivity index (χ2v) is 7.25. The number of nitrogens with one attached hydrogen (secondary N) is 1. The van der Waals surface area contributed by atoms with E-state index in [1.165, 1.54) is 12.1 Å². The summed E-state index contributed by atoms with van der Waals surface area (Å²) in [6.07, 6.45) is 2.48. The molecule has 2 aliphatic heterocycles. The van der Waals surface area contributed by atoms with E-state index in [0.29, 0.717) is 39.1 Å². The average Bonchev–Trinajstić information content (AvgIpc) is 2.62. The van der Waals surface area contributed by atoms with Gasteiger partial charge in [0.15, 0.2) is 0 Å². The third-order valence-electron chi connectivity index (χ3n) is 5.35. The Morgan fingerprint density at radius 3 is 2.81 bits per heavy atom. The Balaban J connectivity index is 1.61. The van der Waals surface area contributed by atoms with Crippen LogP contribution in [0.3, 0.4) is 0 Å². The molecule has 6 nitrogen and oxygen atoms in total. The molecular weight excluding hydrogens is 337 g/mol. The van der Waals surface area contributed by atoms with Gasteiger partial charge in [0.1, 0.15) is 11.4 Å². The van der Waals surface area contributed by atoms with E-state index >= 15 is 0 Å². The molecule has 0 aromatic heterocycles. The van der Waals surface area contributed by atoms with Crippen LogP contribution in [0.1, 0.15) is 31.2 Å². The van der Waals surface area contributed by atoms with Gasteiger partial charge in [0.25, 0.3) is 0 Å². The van der Waals surface area contributed by atoms with Crippen LogP contribution in [0.4, 0.5) is 4.39 Å². The first-order chi connectivity index (χ1) is 12.5. The molecule has 3 rings (SSSR count). The van der Waals surface area contributed by atoms with Crippen molar-refractivity contribution in [1.82, 2.24) is 10.2 Å². The van der Waals surface area contributed by atoms with Gasteiger partial charge in [-0.05, 0) is 37.1 Å². The van der Waals surface area contributed by atoms with E-state index in [0.717, 1.165) is 24.9 Å². The molecule has 2 saturated heterocycles. The lowest BCUT2D eigenvalue weighted by Crippen LogP contribution is -2.61. The van der Waals surface area contributed by atoms with Gasteiger partial charge in [-0.3, -0.25) is 14.5 Å². The van der Waals surface area contributed by atoms with E-state index in [1.807, 2.05) is 6.07 Å². The van der Waals surface area contributed by atoms with E-state index in [-0.39, 0.29) is 17.6 Å². The van der Waals surface area contributed by atoms with Crippen LogP contribution in [0, 0.1) is 11.7 Å². The summed E-state index contributed by atoms with van der Waals surface area (Å²) in [5.74, 6) is -1.08. The van der Waals surface area contributed by atoms with Crippen LogP contribution in [0.5, 0.6) is 0 Å². The third kappa shape index (κ3) is 4.40. The molecule has 2 fully saturated rings. The largest absolute Gasteiger partial charge is 0.381 e. The van der Waals surface area contributed by atoms with Crippen molar-refractivity contribution >= 4 is 11.8 Å². The van der Waals surface area contributed by atoms with Gasteiger partial charge < -0.3 is 15.8 Å². The average molecular weight is 363 g/mol. The smallest absolute Gasteiger partial charge is 0.243 e. The molecule has 0 aliphatic carbocycles. The predicted octanol–water partition coefficient (Wildman–Crippen LogP) is 1.19. The van der Waals surface area contributed by atoms with E-state index < -0.39 is 11.4 Å². The molecular formula is C19H26FN3O3. The fourth-order valence-electron chi connectivity index (χ4n) is 3.80. The fourth-order valence-corrected chi connectivity index (χ4v) is 3.80. The maximum Gasteiger partial charge on any atom is 0.243 e. The number of nitrogens with zero attached hydrogens (tertiary/aromatic N) is 1. The zero-order valence-corrected chi connectivity index (χ0v) is 14.9. The van der Waals surface area contributed by atoms with Crippen LogP contribution < -0.4 is 11.1 Å². The van der Waals surface area contributed by atoms with E-state index in [9.17, 15) is 14.0 Å². The van der Waals surface area contributed by atoms with Gasteiger partial charge >= 0.3 is 0 Å². The number of likely N-dealkylation sites (tertiary alicyclic amines) is 1. The minimum absolute atomic E-state index is 0.130. The SMILES string of the molecule is NC(=O)C1(NC(=O)C2CCCN(Cc3cccc(F)c3)C2)CCOCC1. The van der Waals surface area contributed by atoms with E-state index in [2.05, 4.69) is 10.2 Å².